The van der Waals surface area contributed by atoms with Crippen molar-refractivity contribution in [1.82, 2.24) is 20.0 Å². The van der Waals surface area contributed by atoms with Crippen LogP contribution in [0.1, 0.15) is 111 Å². The maximum atomic E-state index is 14.3. The SMILES string of the molecule is CC[C@H](C)[C@@H]([C@@H](CC(=O)N1CCC[C@H]1[C@H](OC)[C@@H](C)C(=O)CC(C(=O)NCc1ccc(C)cc1)C1CC1)OC)N(C)C(=O)[C@@H](CC(=O)[C@H](C(C)C)N(C)C)C(C)C. The first-order valence-electron chi connectivity index (χ1n) is 21.5. The minimum Gasteiger partial charge on any atom is -0.379 e. The Balaban J connectivity index is 1.74. The quantitative estimate of drug-likeness (QED) is 0.129. The van der Waals surface area contributed by atoms with E-state index in [1.807, 2.05) is 89.7 Å². The molecule has 9 atom stereocenters. The lowest BCUT2D eigenvalue weighted by Crippen LogP contribution is -2.54. The summed E-state index contributed by atoms with van der Waals surface area (Å²) in [4.78, 5) is 75.1. The van der Waals surface area contributed by atoms with E-state index in [9.17, 15) is 24.0 Å². The molecule has 1 aliphatic carbocycles. The average molecular weight is 797 g/mol. The van der Waals surface area contributed by atoms with E-state index in [1.54, 1.807) is 26.2 Å². The zero-order chi connectivity index (χ0) is 42.7. The lowest BCUT2D eigenvalue weighted by Gasteiger charge is -2.41. The van der Waals surface area contributed by atoms with E-state index in [2.05, 4.69) is 19.2 Å². The highest BCUT2D eigenvalue weighted by Crippen LogP contribution is 2.40. The number of carbonyl (C=O) groups is 5. The lowest BCUT2D eigenvalue weighted by molar-refractivity contribution is -0.149. The second kappa shape index (κ2) is 22.3. The van der Waals surface area contributed by atoms with E-state index in [4.69, 9.17) is 9.47 Å². The lowest BCUT2D eigenvalue weighted by atomic mass is 9.83. The first-order chi connectivity index (χ1) is 26.9. The van der Waals surface area contributed by atoms with Gasteiger partial charge >= 0.3 is 0 Å². The Morgan fingerprint density at radius 2 is 1.47 bits per heavy atom. The predicted molar refractivity (Wildman–Crippen MR) is 225 cm³/mol. The van der Waals surface area contributed by atoms with Gasteiger partial charge < -0.3 is 24.6 Å². The van der Waals surface area contributed by atoms with Gasteiger partial charge in [-0.2, -0.15) is 0 Å². The summed E-state index contributed by atoms with van der Waals surface area (Å²) in [6.45, 7) is 17.0. The van der Waals surface area contributed by atoms with Gasteiger partial charge in [0.25, 0.3) is 0 Å². The number of Topliss-reactive ketones (excluding diaryl/α,β-unsaturated/α-hetero) is 2. The van der Waals surface area contributed by atoms with Crippen molar-refractivity contribution >= 4 is 29.3 Å². The van der Waals surface area contributed by atoms with Crippen LogP contribution in [-0.2, 0) is 40.0 Å². The van der Waals surface area contributed by atoms with Crippen molar-refractivity contribution in [2.24, 2.45) is 41.4 Å². The normalized spacial score (nSPS) is 20.1. The predicted octanol–water partition coefficient (Wildman–Crippen LogP) is 6.33. The zero-order valence-corrected chi connectivity index (χ0v) is 37.5. The molecule has 1 saturated heterocycles. The van der Waals surface area contributed by atoms with Crippen molar-refractivity contribution < 1.29 is 33.4 Å². The number of rotatable bonds is 24. The Morgan fingerprint density at radius 1 is 0.842 bits per heavy atom. The number of likely N-dealkylation sites (N-methyl/N-ethyl adjacent to an activating group) is 2. The molecule has 0 spiro atoms. The first kappa shape index (κ1) is 48.2. The molecule has 0 radical (unpaired) electrons. The molecular formula is C46H76N4O7. The summed E-state index contributed by atoms with van der Waals surface area (Å²) in [6.07, 6.45) is 3.35. The number of ketones is 2. The van der Waals surface area contributed by atoms with Gasteiger partial charge in [-0.15, -0.1) is 0 Å². The summed E-state index contributed by atoms with van der Waals surface area (Å²) in [6, 6.07) is 7.06. The molecule has 2 aliphatic rings. The van der Waals surface area contributed by atoms with E-state index in [0.29, 0.717) is 19.5 Å². The Morgan fingerprint density at radius 3 is 1.98 bits per heavy atom. The average Bonchev–Trinajstić information content (AvgIpc) is 3.89. The van der Waals surface area contributed by atoms with Crippen LogP contribution in [0, 0.1) is 48.3 Å². The number of benzene rings is 1. The van der Waals surface area contributed by atoms with Crippen LogP contribution in [0.5, 0.6) is 0 Å². The number of hydrogen-bond acceptors (Lipinski definition) is 8. The van der Waals surface area contributed by atoms with E-state index in [-0.39, 0.29) is 90.2 Å². The highest BCUT2D eigenvalue weighted by atomic mass is 16.5. The smallest absolute Gasteiger partial charge is 0.226 e. The summed E-state index contributed by atoms with van der Waals surface area (Å²) < 4.78 is 12.1. The molecule has 1 unspecified atom stereocenters. The molecule has 1 aromatic rings. The third-order valence-corrected chi connectivity index (χ3v) is 12.9. The molecule has 57 heavy (non-hydrogen) atoms. The van der Waals surface area contributed by atoms with Crippen LogP contribution in [0.25, 0.3) is 0 Å². The van der Waals surface area contributed by atoms with Crippen molar-refractivity contribution in [2.75, 3.05) is 41.9 Å². The fourth-order valence-electron chi connectivity index (χ4n) is 9.20. The zero-order valence-electron chi connectivity index (χ0n) is 37.5. The molecule has 3 rings (SSSR count). The Kier molecular flexibility index (Phi) is 18.9. The van der Waals surface area contributed by atoms with Gasteiger partial charge in [0, 0.05) is 65.0 Å². The van der Waals surface area contributed by atoms with Gasteiger partial charge in [0.2, 0.25) is 17.7 Å². The minimum atomic E-state index is -0.589. The number of aryl methyl sites for hydroxylation is 1. The van der Waals surface area contributed by atoms with E-state index in [1.165, 1.54) is 0 Å². The summed E-state index contributed by atoms with van der Waals surface area (Å²) in [7, 11) is 8.77. The molecule has 322 valence electrons. The van der Waals surface area contributed by atoms with Crippen LogP contribution in [-0.4, -0.2) is 116 Å². The van der Waals surface area contributed by atoms with Gasteiger partial charge in [0.15, 0.2) is 5.78 Å². The number of likely N-dealkylation sites (tertiary alicyclic amines) is 1. The third kappa shape index (κ3) is 12.9. The summed E-state index contributed by atoms with van der Waals surface area (Å²) >= 11 is 0. The van der Waals surface area contributed by atoms with Gasteiger partial charge in [-0.05, 0) is 75.9 Å². The van der Waals surface area contributed by atoms with Crippen LogP contribution < -0.4 is 5.32 Å². The fourth-order valence-corrected chi connectivity index (χ4v) is 9.20. The molecule has 11 heteroatoms. The van der Waals surface area contributed by atoms with Crippen LogP contribution >= 0.6 is 0 Å². The summed E-state index contributed by atoms with van der Waals surface area (Å²) in [5, 5.41) is 3.07. The molecule has 2 fully saturated rings. The largest absolute Gasteiger partial charge is 0.379 e. The second-order valence-electron chi connectivity index (χ2n) is 18.1. The maximum Gasteiger partial charge on any atom is 0.226 e. The van der Waals surface area contributed by atoms with Crippen molar-refractivity contribution in [3.05, 3.63) is 35.4 Å². The van der Waals surface area contributed by atoms with Crippen molar-refractivity contribution in [2.45, 2.75) is 144 Å². The van der Waals surface area contributed by atoms with E-state index >= 15 is 0 Å². The number of carbonyl (C=O) groups excluding carboxylic acids is 5. The maximum absolute atomic E-state index is 14.3. The van der Waals surface area contributed by atoms with Gasteiger partial charge in [0.05, 0.1) is 36.8 Å². The molecule has 1 N–H and O–H groups in total. The van der Waals surface area contributed by atoms with Gasteiger partial charge in [-0.25, -0.2) is 0 Å². The first-order valence-corrected chi connectivity index (χ1v) is 21.5. The Labute approximate surface area is 344 Å². The number of amides is 3. The van der Waals surface area contributed by atoms with Gasteiger partial charge in [-0.3, -0.25) is 28.9 Å². The molecule has 0 aromatic heterocycles. The highest BCUT2D eigenvalue weighted by Gasteiger charge is 2.44. The van der Waals surface area contributed by atoms with Gasteiger partial charge in [-0.1, -0.05) is 84.7 Å². The van der Waals surface area contributed by atoms with Crippen LogP contribution in [0.2, 0.25) is 0 Å². The number of nitrogens with one attached hydrogen (secondary N) is 1. The number of nitrogens with zero attached hydrogens (tertiary/aromatic N) is 3. The van der Waals surface area contributed by atoms with E-state index < -0.39 is 30.1 Å². The van der Waals surface area contributed by atoms with Crippen LogP contribution in [0.4, 0.5) is 0 Å². The third-order valence-electron chi connectivity index (χ3n) is 12.9. The highest BCUT2D eigenvalue weighted by molar-refractivity contribution is 5.90. The van der Waals surface area contributed by atoms with Crippen molar-refractivity contribution in [3.63, 3.8) is 0 Å². The standard InChI is InChI=1S/C46H76N4O7/c1-14-31(7)43(49(11)46(55)35(28(2)3)24-39(52)42(29(4)5)48(9)10)40(56-12)26-41(53)50-23-15-16-37(50)44(57-13)32(8)38(51)25-36(34-21-22-34)45(54)47-27-33-19-17-30(6)18-20-33/h17-20,28-29,31-32,34-37,40,42-44H,14-16,21-27H2,1-13H3,(H,47,54)/t31-,32-,35-,36?,37-,40+,42-,43-,44+/m0/s1. The van der Waals surface area contributed by atoms with Crippen molar-refractivity contribution in [1.29, 1.82) is 0 Å². The molecule has 3 amide bonds. The summed E-state index contributed by atoms with van der Waals surface area (Å²) in [5.41, 5.74) is 2.18. The molecule has 1 saturated carbocycles. The Bertz CT molecular complexity index is 1470. The molecule has 1 heterocycles. The monoisotopic (exact) mass is 797 g/mol. The molecule has 1 aromatic carbocycles. The van der Waals surface area contributed by atoms with Crippen LogP contribution in [0.15, 0.2) is 24.3 Å². The minimum absolute atomic E-state index is 0.0117. The second-order valence-corrected chi connectivity index (χ2v) is 18.1. The molecule has 1 aliphatic heterocycles. The van der Waals surface area contributed by atoms with Crippen LogP contribution in [0.3, 0.4) is 0 Å². The topological polar surface area (TPSA) is 126 Å². The Hall–Kier alpha value is -3.15. The van der Waals surface area contributed by atoms with Crippen molar-refractivity contribution in [3.8, 4) is 0 Å². The molecular weight excluding hydrogens is 721 g/mol. The van der Waals surface area contributed by atoms with Gasteiger partial charge in [0.1, 0.15) is 5.78 Å². The fraction of sp³-hybridized carbons (Fsp3) is 0.761. The summed E-state index contributed by atoms with van der Waals surface area (Å²) in [5.74, 6) is -1.43. The number of hydrogen-bond donors (Lipinski definition) is 1. The molecule has 11 nitrogen and oxygen atoms in total. The number of methoxy groups -OCH3 is 2. The molecule has 0 bridgehead atoms. The number of ether oxygens (including phenoxy) is 2. The van der Waals surface area contributed by atoms with E-state index in [0.717, 1.165) is 36.8 Å².